The van der Waals surface area contributed by atoms with Crippen LogP contribution in [0.5, 0.6) is 0 Å². The first-order valence-corrected chi connectivity index (χ1v) is 11.9. The molecular formula is C19H27BrN2O6S. The van der Waals surface area contributed by atoms with E-state index in [9.17, 15) is 22.8 Å². The summed E-state index contributed by atoms with van der Waals surface area (Å²) in [7, 11) is -3.33. The molecule has 162 valence electrons. The minimum absolute atomic E-state index is 0.0836. The molecule has 10 heteroatoms. The molecule has 0 spiro atoms. The zero-order valence-corrected chi connectivity index (χ0v) is 19.4. The number of Topliss-reactive ketones (excluding diaryl/α,β-unsaturated/α-hetero) is 1. The molecule has 0 fully saturated rings. The number of ether oxygens (including phenoxy) is 1. The number of rotatable bonds is 9. The number of esters is 1. The number of hydrogen-bond acceptors (Lipinski definition) is 6. The lowest BCUT2D eigenvalue weighted by Crippen LogP contribution is -2.44. The number of carbonyl (C=O) groups excluding carboxylic acids is 3. The normalized spacial score (nSPS) is 12.7. The van der Waals surface area contributed by atoms with Gasteiger partial charge in [0, 0.05) is 22.8 Å². The molecule has 29 heavy (non-hydrogen) atoms. The number of ketones is 1. The summed E-state index contributed by atoms with van der Waals surface area (Å²) in [5, 5.41) is 5.08. The van der Waals surface area contributed by atoms with Gasteiger partial charge in [-0.3, -0.25) is 9.59 Å². The zero-order chi connectivity index (χ0) is 22.2. The van der Waals surface area contributed by atoms with Crippen LogP contribution in [0.25, 0.3) is 0 Å². The van der Waals surface area contributed by atoms with Gasteiger partial charge in [-0.25, -0.2) is 13.2 Å². The SMILES string of the molecule is CC(C)(C)OC(=O)CCC(=O)[C@H](CCS(C)(=O)=O)NC(=O)Nc1ccc(Br)cc1. The maximum atomic E-state index is 12.5. The van der Waals surface area contributed by atoms with Gasteiger partial charge in [0.15, 0.2) is 5.78 Å². The molecule has 8 nitrogen and oxygen atoms in total. The summed E-state index contributed by atoms with van der Waals surface area (Å²) >= 11 is 3.29. The largest absolute Gasteiger partial charge is 0.460 e. The highest BCUT2D eigenvalue weighted by atomic mass is 79.9. The second kappa shape index (κ2) is 10.7. The molecule has 0 aliphatic heterocycles. The van der Waals surface area contributed by atoms with Crippen molar-refractivity contribution in [2.24, 2.45) is 0 Å². The van der Waals surface area contributed by atoms with Crippen LogP contribution in [0.2, 0.25) is 0 Å². The molecule has 0 saturated carbocycles. The second-order valence-electron chi connectivity index (χ2n) is 7.63. The predicted molar refractivity (Wildman–Crippen MR) is 114 cm³/mol. The summed E-state index contributed by atoms with van der Waals surface area (Å²) in [6, 6.07) is 5.13. The van der Waals surface area contributed by atoms with Gasteiger partial charge in [0.1, 0.15) is 15.4 Å². The van der Waals surface area contributed by atoms with Crippen LogP contribution in [0.15, 0.2) is 28.7 Å². The average Bonchev–Trinajstić information content (AvgIpc) is 2.56. The van der Waals surface area contributed by atoms with E-state index in [4.69, 9.17) is 4.74 Å². The minimum Gasteiger partial charge on any atom is -0.460 e. The van der Waals surface area contributed by atoms with E-state index < -0.39 is 39.3 Å². The van der Waals surface area contributed by atoms with Gasteiger partial charge in [-0.2, -0.15) is 0 Å². The lowest BCUT2D eigenvalue weighted by molar-refractivity contribution is -0.155. The maximum absolute atomic E-state index is 12.5. The van der Waals surface area contributed by atoms with Crippen molar-refractivity contribution in [1.29, 1.82) is 0 Å². The van der Waals surface area contributed by atoms with Crippen LogP contribution in [0, 0.1) is 0 Å². The highest BCUT2D eigenvalue weighted by Gasteiger charge is 2.24. The number of anilines is 1. The first-order chi connectivity index (χ1) is 13.2. The van der Waals surface area contributed by atoms with Gasteiger partial charge in [-0.15, -0.1) is 0 Å². The third-order valence-corrected chi connectivity index (χ3v) is 5.07. The van der Waals surface area contributed by atoms with Gasteiger partial charge in [0.25, 0.3) is 0 Å². The van der Waals surface area contributed by atoms with Gasteiger partial charge in [0.05, 0.1) is 18.2 Å². The Morgan fingerprint density at radius 1 is 1.10 bits per heavy atom. The van der Waals surface area contributed by atoms with Crippen molar-refractivity contribution in [2.75, 3.05) is 17.3 Å². The fourth-order valence-electron chi connectivity index (χ4n) is 2.30. The summed E-state index contributed by atoms with van der Waals surface area (Å²) < 4.78 is 28.9. The smallest absolute Gasteiger partial charge is 0.319 e. The predicted octanol–water partition coefficient (Wildman–Crippen LogP) is 3.06. The Labute approximate surface area is 179 Å². The fraction of sp³-hybridized carbons (Fsp3) is 0.526. The molecule has 1 aromatic rings. The number of amides is 2. The van der Waals surface area contributed by atoms with Crippen molar-refractivity contribution in [3.63, 3.8) is 0 Å². The van der Waals surface area contributed by atoms with Crippen molar-refractivity contribution in [3.8, 4) is 0 Å². The van der Waals surface area contributed by atoms with Crippen molar-refractivity contribution in [2.45, 2.75) is 51.7 Å². The van der Waals surface area contributed by atoms with Crippen molar-refractivity contribution in [1.82, 2.24) is 5.32 Å². The first kappa shape index (κ1) is 25.1. The Morgan fingerprint density at radius 2 is 1.69 bits per heavy atom. The molecule has 2 N–H and O–H groups in total. The summed E-state index contributed by atoms with van der Waals surface area (Å²) in [5.74, 6) is -1.24. The molecule has 1 aromatic carbocycles. The van der Waals surface area contributed by atoms with Crippen LogP contribution in [-0.4, -0.2) is 49.9 Å². The molecule has 0 saturated heterocycles. The molecule has 0 aliphatic rings. The topological polar surface area (TPSA) is 119 Å². The van der Waals surface area contributed by atoms with Gasteiger partial charge in [0.2, 0.25) is 0 Å². The van der Waals surface area contributed by atoms with Gasteiger partial charge in [-0.05, 0) is 51.5 Å². The molecule has 0 aromatic heterocycles. The van der Waals surface area contributed by atoms with Crippen molar-refractivity contribution < 1.29 is 27.5 Å². The third-order valence-electron chi connectivity index (χ3n) is 3.57. The highest BCUT2D eigenvalue weighted by Crippen LogP contribution is 2.14. The Kier molecular flexibility index (Phi) is 9.28. The third kappa shape index (κ3) is 11.6. The van der Waals surface area contributed by atoms with Crippen LogP contribution >= 0.6 is 15.9 Å². The van der Waals surface area contributed by atoms with Crippen LogP contribution < -0.4 is 10.6 Å². The monoisotopic (exact) mass is 490 g/mol. The summed E-state index contributed by atoms with van der Waals surface area (Å²) in [6.07, 6.45) is 0.653. The molecular weight excluding hydrogens is 464 g/mol. The Bertz CT molecular complexity index is 831. The maximum Gasteiger partial charge on any atom is 0.319 e. The number of halogens is 1. The van der Waals surface area contributed by atoms with Crippen molar-refractivity contribution in [3.05, 3.63) is 28.7 Å². The molecule has 1 atom stereocenters. The number of benzene rings is 1. The fourth-order valence-corrected chi connectivity index (χ4v) is 3.22. The van der Waals surface area contributed by atoms with Crippen LogP contribution in [-0.2, 0) is 24.2 Å². The molecule has 1 rings (SSSR count). The Balaban J connectivity index is 2.73. The quantitative estimate of drug-likeness (QED) is 0.513. The highest BCUT2D eigenvalue weighted by molar-refractivity contribution is 9.10. The van der Waals surface area contributed by atoms with E-state index in [1.165, 1.54) is 0 Å². The zero-order valence-electron chi connectivity index (χ0n) is 17.0. The first-order valence-electron chi connectivity index (χ1n) is 9.00. The molecule has 0 unspecified atom stereocenters. The van der Waals surface area contributed by atoms with Crippen LogP contribution in [0.3, 0.4) is 0 Å². The Morgan fingerprint density at radius 3 is 2.21 bits per heavy atom. The molecule has 0 bridgehead atoms. The van der Waals surface area contributed by atoms with E-state index >= 15 is 0 Å². The van der Waals surface area contributed by atoms with Crippen LogP contribution in [0.4, 0.5) is 10.5 Å². The second-order valence-corrected chi connectivity index (χ2v) is 10.8. The van der Waals surface area contributed by atoms with E-state index in [-0.39, 0.29) is 25.0 Å². The molecule has 0 aliphatic carbocycles. The standard InChI is InChI=1S/C19H27BrN2O6S/c1-19(2,3)28-17(24)10-9-16(23)15(11-12-29(4,26)27)22-18(25)21-14-7-5-13(20)6-8-14/h5-8,15H,9-12H2,1-4H3,(H2,21,22,25)/t15-/m0/s1. The van der Waals surface area contributed by atoms with Gasteiger partial charge in [-0.1, -0.05) is 15.9 Å². The number of nitrogens with one attached hydrogen (secondary N) is 2. The summed E-state index contributed by atoms with van der Waals surface area (Å²) in [6.45, 7) is 5.15. The van der Waals surface area contributed by atoms with E-state index in [2.05, 4.69) is 26.6 Å². The van der Waals surface area contributed by atoms with Gasteiger partial charge >= 0.3 is 12.0 Å². The van der Waals surface area contributed by atoms with E-state index in [1.54, 1.807) is 45.0 Å². The number of urea groups is 1. The number of sulfone groups is 1. The number of hydrogen-bond donors (Lipinski definition) is 2. The summed E-state index contributed by atoms with van der Waals surface area (Å²) in [4.78, 5) is 36.6. The average molecular weight is 491 g/mol. The van der Waals surface area contributed by atoms with E-state index in [0.29, 0.717) is 5.69 Å². The van der Waals surface area contributed by atoms with Crippen molar-refractivity contribution >= 4 is 49.2 Å². The van der Waals surface area contributed by atoms with E-state index in [0.717, 1.165) is 10.7 Å². The minimum atomic E-state index is -3.33. The molecule has 0 radical (unpaired) electrons. The molecule has 2 amide bonds. The lowest BCUT2D eigenvalue weighted by Gasteiger charge is -2.20. The van der Waals surface area contributed by atoms with Crippen LogP contribution in [0.1, 0.15) is 40.0 Å². The van der Waals surface area contributed by atoms with Gasteiger partial charge < -0.3 is 15.4 Å². The van der Waals surface area contributed by atoms with E-state index in [1.807, 2.05) is 0 Å². The number of carbonyl (C=O) groups is 3. The summed E-state index contributed by atoms with van der Waals surface area (Å²) in [5.41, 5.74) is -0.160. The lowest BCUT2D eigenvalue weighted by atomic mass is 10.1. The Hall–Kier alpha value is -1.94. The molecule has 0 heterocycles.